The molecule has 0 atom stereocenters. The van der Waals surface area contributed by atoms with Crippen molar-refractivity contribution in [2.24, 2.45) is 5.41 Å². The van der Waals surface area contributed by atoms with Crippen molar-refractivity contribution in [2.75, 3.05) is 35.8 Å². The van der Waals surface area contributed by atoms with E-state index < -0.39 is 5.41 Å². The Morgan fingerprint density at radius 3 is 2.68 bits per heavy atom. The third-order valence-corrected chi connectivity index (χ3v) is 6.21. The summed E-state index contributed by atoms with van der Waals surface area (Å²) in [6.07, 6.45) is 6.32. The molecule has 4 rings (SSSR count). The standard InChI is InChI=1S/C23H30N6O2/c1-23(2)14-29(17-10-5-6-11-17)19-18(28(4)21(23)31)13-25-22(27-19)26-16-9-7-8-15(12-16)20(30)24-3/h7-9,12-13,17H,5-6,10-11,14H2,1-4H3,(H,24,30)(H,25,26,27). The summed E-state index contributed by atoms with van der Waals surface area (Å²) in [5.74, 6) is 1.14. The normalized spacial score (nSPS) is 18.5. The van der Waals surface area contributed by atoms with Crippen molar-refractivity contribution in [1.29, 1.82) is 0 Å². The SMILES string of the molecule is CNC(=O)c1cccc(Nc2ncc3c(n2)N(C2CCCC2)CC(C)(C)C(=O)N3C)c1. The predicted molar refractivity (Wildman–Crippen MR) is 122 cm³/mol. The molecule has 1 aliphatic carbocycles. The molecule has 2 N–H and O–H groups in total. The van der Waals surface area contributed by atoms with Crippen LogP contribution in [0, 0.1) is 5.41 Å². The van der Waals surface area contributed by atoms with Crippen LogP contribution in [0.3, 0.4) is 0 Å². The Morgan fingerprint density at radius 2 is 1.97 bits per heavy atom. The molecular weight excluding hydrogens is 392 g/mol. The van der Waals surface area contributed by atoms with Gasteiger partial charge in [-0.05, 0) is 44.9 Å². The fraction of sp³-hybridized carbons (Fsp3) is 0.478. The smallest absolute Gasteiger partial charge is 0.251 e. The van der Waals surface area contributed by atoms with Gasteiger partial charge in [0, 0.05) is 37.9 Å². The first kappa shape index (κ1) is 21.1. The zero-order valence-corrected chi connectivity index (χ0v) is 18.6. The molecule has 1 fully saturated rings. The largest absolute Gasteiger partial charge is 0.355 e. The molecule has 8 heteroatoms. The van der Waals surface area contributed by atoms with Gasteiger partial charge in [0.2, 0.25) is 11.9 Å². The molecule has 31 heavy (non-hydrogen) atoms. The maximum atomic E-state index is 13.1. The van der Waals surface area contributed by atoms with E-state index in [-0.39, 0.29) is 11.8 Å². The Bertz CT molecular complexity index is 999. The van der Waals surface area contributed by atoms with E-state index in [2.05, 4.69) is 20.5 Å². The van der Waals surface area contributed by atoms with E-state index in [1.807, 2.05) is 26.0 Å². The van der Waals surface area contributed by atoms with E-state index in [1.54, 1.807) is 37.3 Å². The minimum Gasteiger partial charge on any atom is -0.355 e. The summed E-state index contributed by atoms with van der Waals surface area (Å²) in [4.78, 5) is 38.3. The van der Waals surface area contributed by atoms with Gasteiger partial charge in [0.05, 0.1) is 11.6 Å². The molecule has 0 unspecified atom stereocenters. The van der Waals surface area contributed by atoms with Crippen molar-refractivity contribution in [1.82, 2.24) is 15.3 Å². The van der Waals surface area contributed by atoms with Crippen molar-refractivity contribution < 1.29 is 9.59 Å². The highest BCUT2D eigenvalue weighted by Crippen LogP contribution is 2.40. The van der Waals surface area contributed by atoms with Crippen molar-refractivity contribution in [3.05, 3.63) is 36.0 Å². The first-order chi connectivity index (χ1) is 14.8. The van der Waals surface area contributed by atoms with Gasteiger partial charge >= 0.3 is 0 Å². The minimum atomic E-state index is -0.520. The number of fused-ring (bicyclic) bond motifs is 1. The number of carbonyl (C=O) groups excluding carboxylic acids is 2. The van der Waals surface area contributed by atoms with Crippen molar-refractivity contribution in [3.63, 3.8) is 0 Å². The summed E-state index contributed by atoms with van der Waals surface area (Å²) in [6, 6.07) is 7.58. The second kappa shape index (κ2) is 8.17. The molecule has 0 radical (unpaired) electrons. The number of aromatic nitrogens is 2. The Labute approximate surface area is 183 Å². The Balaban J connectivity index is 1.71. The predicted octanol–water partition coefficient (Wildman–Crippen LogP) is 3.33. The Kier molecular flexibility index (Phi) is 5.56. The van der Waals surface area contributed by atoms with Crippen LogP contribution >= 0.6 is 0 Å². The highest BCUT2D eigenvalue weighted by molar-refractivity contribution is 6.01. The molecule has 1 aromatic carbocycles. The van der Waals surface area contributed by atoms with Crippen LogP contribution in [0.4, 0.5) is 23.1 Å². The number of carbonyl (C=O) groups is 2. The minimum absolute atomic E-state index is 0.0665. The van der Waals surface area contributed by atoms with Crippen LogP contribution in [0.1, 0.15) is 49.9 Å². The molecule has 0 bridgehead atoms. The summed E-state index contributed by atoms with van der Waals surface area (Å²) < 4.78 is 0. The van der Waals surface area contributed by atoms with Gasteiger partial charge in [0.25, 0.3) is 5.91 Å². The molecule has 1 saturated carbocycles. The lowest BCUT2D eigenvalue weighted by molar-refractivity contribution is -0.125. The van der Waals surface area contributed by atoms with Crippen LogP contribution in [0.15, 0.2) is 30.5 Å². The van der Waals surface area contributed by atoms with Gasteiger partial charge in [-0.2, -0.15) is 4.98 Å². The molecule has 2 aromatic rings. The average Bonchev–Trinajstić information content (AvgIpc) is 3.28. The summed E-state index contributed by atoms with van der Waals surface area (Å²) in [5.41, 5.74) is 1.49. The van der Waals surface area contributed by atoms with Crippen LogP contribution < -0.4 is 20.4 Å². The number of rotatable bonds is 4. The second-order valence-electron chi connectivity index (χ2n) is 9.00. The number of nitrogens with one attached hydrogen (secondary N) is 2. The highest BCUT2D eigenvalue weighted by atomic mass is 16.2. The molecule has 0 saturated heterocycles. The lowest BCUT2D eigenvalue weighted by Crippen LogP contribution is -2.45. The highest BCUT2D eigenvalue weighted by Gasteiger charge is 2.41. The molecule has 8 nitrogen and oxygen atoms in total. The van der Waals surface area contributed by atoms with Crippen molar-refractivity contribution in [3.8, 4) is 0 Å². The molecule has 2 aliphatic rings. The number of hydrogen-bond acceptors (Lipinski definition) is 6. The summed E-state index contributed by atoms with van der Waals surface area (Å²) >= 11 is 0. The number of nitrogens with zero attached hydrogens (tertiary/aromatic N) is 4. The van der Waals surface area contributed by atoms with Gasteiger partial charge < -0.3 is 20.4 Å². The summed E-state index contributed by atoms with van der Waals surface area (Å²) in [7, 11) is 3.40. The molecule has 1 aliphatic heterocycles. The maximum absolute atomic E-state index is 13.1. The lowest BCUT2D eigenvalue weighted by atomic mass is 9.91. The monoisotopic (exact) mass is 422 g/mol. The summed E-state index contributed by atoms with van der Waals surface area (Å²) in [6.45, 7) is 4.61. The zero-order valence-electron chi connectivity index (χ0n) is 18.6. The average molecular weight is 423 g/mol. The van der Waals surface area contributed by atoms with E-state index in [9.17, 15) is 9.59 Å². The van der Waals surface area contributed by atoms with Crippen LogP contribution in [0.2, 0.25) is 0 Å². The third kappa shape index (κ3) is 4.06. The Hall–Kier alpha value is -3.16. The molecule has 1 aromatic heterocycles. The van der Waals surface area contributed by atoms with Gasteiger partial charge in [0.15, 0.2) is 5.82 Å². The number of benzene rings is 1. The fourth-order valence-corrected chi connectivity index (χ4v) is 4.54. The molecule has 0 spiro atoms. The molecule has 164 valence electrons. The van der Waals surface area contributed by atoms with Gasteiger partial charge in [-0.1, -0.05) is 18.9 Å². The van der Waals surface area contributed by atoms with Gasteiger partial charge in [-0.3, -0.25) is 9.59 Å². The van der Waals surface area contributed by atoms with E-state index in [0.717, 1.165) is 30.0 Å². The topological polar surface area (TPSA) is 90.5 Å². The van der Waals surface area contributed by atoms with Gasteiger partial charge in [0.1, 0.15) is 5.69 Å². The lowest BCUT2D eigenvalue weighted by Gasteiger charge is -2.34. The molecule has 2 heterocycles. The molecular formula is C23H30N6O2. The Morgan fingerprint density at radius 1 is 1.23 bits per heavy atom. The van der Waals surface area contributed by atoms with Crippen LogP contribution in [-0.4, -0.2) is 48.5 Å². The van der Waals surface area contributed by atoms with E-state index in [0.29, 0.717) is 24.1 Å². The van der Waals surface area contributed by atoms with Crippen molar-refractivity contribution in [2.45, 2.75) is 45.6 Å². The first-order valence-electron chi connectivity index (χ1n) is 10.8. The van der Waals surface area contributed by atoms with E-state index in [1.165, 1.54) is 12.8 Å². The van der Waals surface area contributed by atoms with E-state index in [4.69, 9.17) is 4.98 Å². The molecule has 2 amide bonds. The van der Waals surface area contributed by atoms with Gasteiger partial charge in [-0.25, -0.2) is 4.98 Å². The van der Waals surface area contributed by atoms with Crippen molar-refractivity contribution >= 4 is 35.0 Å². The summed E-state index contributed by atoms with van der Waals surface area (Å²) in [5, 5.41) is 5.85. The number of anilines is 4. The third-order valence-electron chi connectivity index (χ3n) is 6.21. The van der Waals surface area contributed by atoms with Crippen LogP contribution in [-0.2, 0) is 4.79 Å². The van der Waals surface area contributed by atoms with Crippen LogP contribution in [0.5, 0.6) is 0 Å². The maximum Gasteiger partial charge on any atom is 0.251 e. The quantitative estimate of drug-likeness (QED) is 0.786. The van der Waals surface area contributed by atoms with Crippen LogP contribution in [0.25, 0.3) is 0 Å². The van der Waals surface area contributed by atoms with E-state index >= 15 is 0 Å². The number of hydrogen-bond donors (Lipinski definition) is 2. The zero-order chi connectivity index (χ0) is 22.2. The van der Waals surface area contributed by atoms with Gasteiger partial charge in [-0.15, -0.1) is 0 Å². The second-order valence-corrected chi connectivity index (χ2v) is 9.00. The fourth-order valence-electron chi connectivity index (χ4n) is 4.54. The first-order valence-corrected chi connectivity index (χ1v) is 10.8. The number of amides is 2.